The van der Waals surface area contributed by atoms with Gasteiger partial charge in [-0.2, -0.15) is 4.99 Å². The van der Waals surface area contributed by atoms with Gasteiger partial charge in [-0.15, -0.1) is 0 Å². The SMILES string of the molecule is CCCN1C(=O)N=C(N)C12CCCCC2OC. The van der Waals surface area contributed by atoms with E-state index >= 15 is 0 Å². The fraction of sp³-hybridized carbons (Fsp3) is 0.833. The number of amides is 2. The molecule has 1 aliphatic carbocycles. The highest BCUT2D eigenvalue weighted by atomic mass is 16.5. The van der Waals surface area contributed by atoms with Crippen LogP contribution in [-0.4, -0.2) is 42.1 Å². The molecular formula is C12H21N3O2. The van der Waals surface area contributed by atoms with Gasteiger partial charge < -0.3 is 15.4 Å². The third kappa shape index (κ3) is 1.73. The van der Waals surface area contributed by atoms with E-state index in [2.05, 4.69) is 11.9 Å². The van der Waals surface area contributed by atoms with Crippen molar-refractivity contribution in [1.82, 2.24) is 4.90 Å². The van der Waals surface area contributed by atoms with Crippen molar-refractivity contribution in [2.75, 3.05) is 13.7 Å². The number of carbonyl (C=O) groups excluding carboxylic acids is 1. The normalized spacial score (nSPS) is 33.3. The first-order chi connectivity index (χ1) is 8.16. The summed E-state index contributed by atoms with van der Waals surface area (Å²) in [6, 6.07) is -0.201. The largest absolute Gasteiger partial charge is 0.385 e. The molecule has 0 radical (unpaired) electrons. The fourth-order valence-corrected chi connectivity index (χ4v) is 3.13. The van der Waals surface area contributed by atoms with Crippen molar-refractivity contribution in [2.45, 2.75) is 50.7 Å². The first-order valence-electron chi connectivity index (χ1n) is 6.35. The van der Waals surface area contributed by atoms with Gasteiger partial charge in [0.05, 0.1) is 6.10 Å². The van der Waals surface area contributed by atoms with E-state index in [-0.39, 0.29) is 12.1 Å². The van der Waals surface area contributed by atoms with Crippen LogP contribution in [0.4, 0.5) is 4.79 Å². The minimum atomic E-state index is -0.472. The molecule has 0 aromatic rings. The van der Waals surface area contributed by atoms with Gasteiger partial charge in [-0.25, -0.2) is 4.79 Å². The zero-order chi connectivity index (χ0) is 12.5. The van der Waals surface area contributed by atoms with Crippen LogP contribution >= 0.6 is 0 Å². The lowest BCUT2D eigenvalue weighted by atomic mass is 9.77. The third-order valence-electron chi connectivity index (χ3n) is 3.91. The van der Waals surface area contributed by atoms with E-state index in [0.717, 1.165) is 32.1 Å². The van der Waals surface area contributed by atoms with Crippen LogP contribution in [0, 0.1) is 0 Å². The van der Waals surface area contributed by atoms with Crippen molar-refractivity contribution in [1.29, 1.82) is 0 Å². The summed E-state index contributed by atoms with van der Waals surface area (Å²) in [6.07, 6.45) is 4.91. The lowest BCUT2D eigenvalue weighted by molar-refractivity contribution is -0.0206. The molecule has 0 saturated heterocycles. The quantitative estimate of drug-likeness (QED) is 0.811. The number of aliphatic imine (C=N–C) groups is 1. The Morgan fingerprint density at radius 2 is 2.35 bits per heavy atom. The van der Waals surface area contributed by atoms with Crippen LogP contribution in [0.25, 0.3) is 0 Å². The second kappa shape index (κ2) is 4.64. The summed E-state index contributed by atoms with van der Waals surface area (Å²) in [5.74, 6) is 0.447. The van der Waals surface area contributed by atoms with E-state index in [0.29, 0.717) is 12.4 Å². The summed E-state index contributed by atoms with van der Waals surface area (Å²) in [5.41, 5.74) is 5.56. The number of amidine groups is 1. The molecule has 2 amide bonds. The van der Waals surface area contributed by atoms with Crippen LogP contribution in [0.2, 0.25) is 0 Å². The first kappa shape index (κ1) is 12.4. The molecule has 2 rings (SSSR count). The average Bonchev–Trinajstić information content (AvgIpc) is 2.55. The van der Waals surface area contributed by atoms with Crippen molar-refractivity contribution in [3.05, 3.63) is 0 Å². The van der Waals surface area contributed by atoms with Gasteiger partial charge in [0.15, 0.2) is 0 Å². The number of hydrogen-bond donors (Lipinski definition) is 1. The fourth-order valence-electron chi connectivity index (χ4n) is 3.13. The third-order valence-corrected chi connectivity index (χ3v) is 3.91. The first-order valence-corrected chi connectivity index (χ1v) is 6.35. The van der Waals surface area contributed by atoms with E-state index < -0.39 is 5.54 Å². The van der Waals surface area contributed by atoms with Gasteiger partial charge in [-0.05, 0) is 19.3 Å². The maximum absolute atomic E-state index is 11.9. The highest BCUT2D eigenvalue weighted by molar-refractivity contribution is 6.06. The minimum absolute atomic E-state index is 0.0157. The van der Waals surface area contributed by atoms with E-state index in [9.17, 15) is 4.79 Å². The number of methoxy groups -OCH3 is 1. The van der Waals surface area contributed by atoms with Gasteiger partial charge in [0, 0.05) is 13.7 Å². The minimum Gasteiger partial charge on any atom is -0.385 e. The number of nitrogens with zero attached hydrogens (tertiary/aromatic N) is 2. The van der Waals surface area contributed by atoms with Crippen LogP contribution in [0.15, 0.2) is 4.99 Å². The van der Waals surface area contributed by atoms with Gasteiger partial charge in [0.1, 0.15) is 11.4 Å². The molecule has 0 aromatic carbocycles. The maximum atomic E-state index is 11.9. The zero-order valence-corrected chi connectivity index (χ0v) is 10.6. The maximum Gasteiger partial charge on any atom is 0.346 e. The summed E-state index contributed by atoms with van der Waals surface area (Å²) in [4.78, 5) is 17.7. The molecule has 1 aliphatic heterocycles. The number of ether oxygens (including phenoxy) is 1. The molecule has 2 aliphatic rings. The molecule has 17 heavy (non-hydrogen) atoms. The second-order valence-corrected chi connectivity index (χ2v) is 4.83. The number of carbonyl (C=O) groups is 1. The topological polar surface area (TPSA) is 67.9 Å². The molecule has 1 heterocycles. The Balaban J connectivity index is 2.36. The van der Waals surface area contributed by atoms with Crippen LogP contribution < -0.4 is 5.73 Å². The van der Waals surface area contributed by atoms with Gasteiger partial charge in [-0.3, -0.25) is 0 Å². The standard InChI is InChI=1S/C12H21N3O2/c1-3-8-15-11(16)14-10(13)12(15)7-5-4-6-9(12)17-2/h9H,3-8H2,1-2H3,(H2,13,14,16). The highest BCUT2D eigenvalue weighted by Crippen LogP contribution is 2.39. The van der Waals surface area contributed by atoms with Crippen LogP contribution in [0.3, 0.4) is 0 Å². The molecule has 2 atom stereocenters. The number of urea groups is 1. The number of hydrogen-bond acceptors (Lipinski definition) is 3. The van der Waals surface area contributed by atoms with E-state index in [1.807, 2.05) is 4.90 Å². The Morgan fingerprint density at radius 3 is 3.00 bits per heavy atom. The van der Waals surface area contributed by atoms with Crippen molar-refractivity contribution >= 4 is 11.9 Å². The number of rotatable bonds is 3. The van der Waals surface area contributed by atoms with Crippen LogP contribution in [0.5, 0.6) is 0 Å². The van der Waals surface area contributed by atoms with Crippen molar-refractivity contribution in [3.8, 4) is 0 Å². The molecule has 2 unspecified atom stereocenters. The summed E-state index contributed by atoms with van der Waals surface area (Å²) < 4.78 is 5.57. The van der Waals surface area contributed by atoms with Crippen LogP contribution in [-0.2, 0) is 4.74 Å². The predicted molar refractivity (Wildman–Crippen MR) is 66.0 cm³/mol. The average molecular weight is 239 g/mol. The highest BCUT2D eigenvalue weighted by Gasteiger charge is 2.54. The molecule has 96 valence electrons. The molecular weight excluding hydrogens is 218 g/mol. The molecule has 1 spiro atoms. The zero-order valence-electron chi connectivity index (χ0n) is 10.6. The van der Waals surface area contributed by atoms with Gasteiger partial charge >= 0.3 is 6.03 Å². The van der Waals surface area contributed by atoms with Crippen LogP contribution in [0.1, 0.15) is 39.0 Å². The predicted octanol–water partition coefficient (Wildman–Crippen LogP) is 1.52. The van der Waals surface area contributed by atoms with Crippen molar-refractivity contribution in [3.63, 3.8) is 0 Å². The summed E-state index contributed by atoms with van der Waals surface area (Å²) in [7, 11) is 1.69. The summed E-state index contributed by atoms with van der Waals surface area (Å²) in [6.45, 7) is 2.75. The molecule has 1 fully saturated rings. The number of nitrogens with two attached hydrogens (primary N) is 1. The summed E-state index contributed by atoms with van der Waals surface area (Å²) in [5, 5.41) is 0. The Bertz CT molecular complexity index is 343. The van der Waals surface area contributed by atoms with Crippen molar-refractivity contribution in [2.24, 2.45) is 10.7 Å². The van der Waals surface area contributed by atoms with E-state index in [4.69, 9.17) is 10.5 Å². The van der Waals surface area contributed by atoms with E-state index in [1.54, 1.807) is 7.11 Å². The summed E-state index contributed by atoms with van der Waals surface area (Å²) >= 11 is 0. The molecule has 5 heteroatoms. The Hall–Kier alpha value is -1.10. The molecule has 2 N–H and O–H groups in total. The molecule has 1 saturated carbocycles. The van der Waals surface area contributed by atoms with Gasteiger partial charge in [0.25, 0.3) is 0 Å². The molecule has 0 bridgehead atoms. The Morgan fingerprint density at radius 1 is 1.59 bits per heavy atom. The smallest absolute Gasteiger partial charge is 0.346 e. The van der Waals surface area contributed by atoms with E-state index in [1.165, 1.54) is 0 Å². The lowest BCUT2D eigenvalue weighted by Crippen LogP contribution is -2.63. The monoisotopic (exact) mass is 239 g/mol. The van der Waals surface area contributed by atoms with Gasteiger partial charge in [-0.1, -0.05) is 19.8 Å². The van der Waals surface area contributed by atoms with Gasteiger partial charge in [0.2, 0.25) is 0 Å². The Kier molecular flexibility index (Phi) is 3.38. The molecule has 0 aromatic heterocycles. The Labute approximate surface area is 102 Å². The van der Waals surface area contributed by atoms with Crippen molar-refractivity contribution < 1.29 is 9.53 Å². The second-order valence-electron chi connectivity index (χ2n) is 4.83. The molecule has 5 nitrogen and oxygen atoms in total. The lowest BCUT2D eigenvalue weighted by Gasteiger charge is -2.45.